The number of benzene rings is 1. The summed E-state index contributed by atoms with van der Waals surface area (Å²) >= 11 is 2.82. The Hall–Kier alpha value is -1.24. The first-order chi connectivity index (χ1) is 14.2. The summed E-state index contributed by atoms with van der Waals surface area (Å²) in [5.41, 5.74) is -6.27. The van der Waals surface area contributed by atoms with Gasteiger partial charge in [-0.25, -0.2) is 30.8 Å². The summed E-state index contributed by atoms with van der Waals surface area (Å²) in [6.07, 6.45) is 0. The second-order valence-electron chi connectivity index (χ2n) is 8.77. The number of carbonyl (C=O) groups excluding carboxylic acids is 1. The molecule has 0 amide bonds. The SMILES string of the molecule is CCOC(=O)COC(C)(C)C(F)(F)[C@](C)(NS(=O)(=O)C(C)(C)C)c1cc(Br)c(F)cc1F. The van der Waals surface area contributed by atoms with Crippen molar-refractivity contribution in [1.82, 2.24) is 4.72 Å². The molecule has 0 aliphatic carbocycles. The minimum atomic E-state index is -4.48. The van der Waals surface area contributed by atoms with E-state index in [-0.39, 0.29) is 11.1 Å². The molecule has 0 saturated heterocycles. The number of hydrogen-bond donors (Lipinski definition) is 1. The highest BCUT2D eigenvalue weighted by atomic mass is 79.9. The van der Waals surface area contributed by atoms with Crippen molar-refractivity contribution in [3.8, 4) is 0 Å². The van der Waals surface area contributed by atoms with Crippen LogP contribution in [0.4, 0.5) is 17.6 Å². The van der Waals surface area contributed by atoms with Crippen LogP contribution < -0.4 is 4.72 Å². The lowest BCUT2D eigenvalue weighted by molar-refractivity contribution is -0.231. The predicted octanol–water partition coefficient (Wildman–Crippen LogP) is 4.65. The first-order valence-electron chi connectivity index (χ1n) is 9.59. The van der Waals surface area contributed by atoms with Crippen LogP contribution in [0.2, 0.25) is 0 Å². The number of alkyl halides is 2. The van der Waals surface area contributed by atoms with Crippen molar-refractivity contribution < 1.29 is 40.2 Å². The zero-order valence-electron chi connectivity index (χ0n) is 18.9. The van der Waals surface area contributed by atoms with Crippen LogP contribution in [0.5, 0.6) is 0 Å². The Kier molecular flexibility index (Phi) is 8.60. The maximum Gasteiger partial charge on any atom is 0.332 e. The molecule has 0 saturated carbocycles. The molecule has 6 nitrogen and oxygen atoms in total. The maximum atomic E-state index is 16.0. The van der Waals surface area contributed by atoms with Crippen molar-refractivity contribution in [2.45, 2.75) is 70.3 Å². The van der Waals surface area contributed by atoms with Crippen molar-refractivity contribution in [2.24, 2.45) is 0 Å². The van der Waals surface area contributed by atoms with Crippen molar-refractivity contribution in [1.29, 1.82) is 0 Å². The van der Waals surface area contributed by atoms with Gasteiger partial charge in [0.1, 0.15) is 29.4 Å². The van der Waals surface area contributed by atoms with Gasteiger partial charge < -0.3 is 9.47 Å². The molecule has 12 heteroatoms. The van der Waals surface area contributed by atoms with Crippen LogP contribution >= 0.6 is 15.9 Å². The fourth-order valence-corrected chi connectivity index (χ4v) is 4.18. The Morgan fingerprint density at radius 2 is 1.59 bits per heavy atom. The Balaban J connectivity index is 3.72. The molecule has 0 bridgehead atoms. The van der Waals surface area contributed by atoms with Crippen LogP contribution in [-0.2, 0) is 29.8 Å². The van der Waals surface area contributed by atoms with Crippen molar-refractivity contribution in [2.75, 3.05) is 13.2 Å². The normalized spacial score (nSPS) is 15.4. The Morgan fingerprint density at radius 1 is 1.06 bits per heavy atom. The summed E-state index contributed by atoms with van der Waals surface area (Å²) in [5.74, 6) is -7.54. The van der Waals surface area contributed by atoms with Crippen LogP contribution in [-0.4, -0.2) is 43.9 Å². The van der Waals surface area contributed by atoms with Gasteiger partial charge in [-0.05, 0) is 70.5 Å². The van der Waals surface area contributed by atoms with Gasteiger partial charge in [0, 0.05) is 11.6 Å². The molecular formula is C20H28BrF4NO5S. The predicted molar refractivity (Wildman–Crippen MR) is 115 cm³/mol. The standard InChI is InChI=1S/C20H28BrF4NO5S/c1-8-30-16(27)11-31-18(5,6)20(24,25)19(7,26-32(28,29)17(2,3)4)12-9-13(21)15(23)10-14(12)22/h9-10,26H,8,11H2,1-7H3/t19-/m1/s1. The molecule has 1 aromatic rings. The number of carbonyl (C=O) groups is 1. The zero-order chi connectivity index (χ0) is 25.3. The molecule has 0 aliphatic rings. The summed E-state index contributed by atoms with van der Waals surface area (Å²) in [7, 11) is -4.48. The minimum Gasteiger partial charge on any atom is -0.464 e. The average Bonchev–Trinajstić information content (AvgIpc) is 2.61. The van der Waals surface area contributed by atoms with Gasteiger partial charge in [0.15, 0.2) is 0 Å². The highest BCUT2D eigenvalue weighted by Crippen LogP contribution is 2.48. The number of rotatable bonds is 9. The van der Waals surface area contributed by atoms with Gasteiger partial charge in [-0.2, -0.15) is 4.72 Å². The van der Waals surface area contributed by atoms with E-state index in [9.17, 15) is 22.0 Å². The molecule has 184 valence electrons. The lowest BCUT2D eigenvalue weighted by Gasteiger charge is -2.46. The van der Waals surface area contributed by atoms with Gasteiger partial charge in [0.2, 0.25) is 10.0 Å². The van der Waals surface area contributed by atoms with E-state index in [1.165, 1.54) is 27.7 Å². The molecule has 0 aliphatic heterocycles. The van der Waals surface area contributed by atoms with Gasteiger partial charge in [0.25, 0.3) is 5.92 Å². The van der Waals surface area contributed by atoms with Crippen LogP contribution in [0.3, 0.4) is 0 Å². The van der Waals surface area contributed by atoms with Crippen LogP contribution in [0.25, 0.3) is 0 Å². The number of halogens is 5. The molecule has 0 radical (unpaired) electrons. The van der Waals surface area contributed by atoms with Crippen molar-refractivity contribution in [3.63, 3.8) is 0 Å². The molecule has 1 atom stereocenters. The Morgan fingerprint density at radius 3 is 2.06 bits per heavy atom. The van der Waals surface area contributed by atoms with E-state index >= 15 is 8.78 Å². The summed E-state index contributed by atoms with van der Waals surface area (Å²) in [5, 5.41) is 0. The fraction of sp³-hybridized carbons (Fsp3) is 0.650. The Labute approximate surface area is 194 Å². The molecule has 0 aromatic heterocycles. The molecule has 1 aromatic carbocycles. The Bertz CT molecular complexity index is 963. The number of nitrogens with one attached hydrogen (secondary N) is 1. The molecule has 1 rings (SSSR count). The van der Waals surface area contributed by atoms with Crippen LogP contribution in [0.15, 0.2) is 16.6 Å². The van der Waals surface area contributed by atoms with E-state index in [0.717, 1.165) is 26.8 Å². The van der Waals surface area contributed by atoms with Gasteiger partial charge in [-0.1, -0.05) is 0 Å². The van der Waals surface area contributed by atoms with Crippen molar-refractivity contribution in [3.05, 3.63) is 33.8 Å². The van der Waals surface area contributed by atoms with E-state index in [1.54, 1.807) is 0 Å². The van der Waals surface area contributed by atoms with E-state index in [0.29, 0.717) is 6.07 Å². The summed E-state index contributed by atoms with van der Waals surface area (Å²) < 4.78 is 96.1. The smallest absolute Gasteiger partial charge is 0.332 e. The van der Waals surface area contributed by atoms with Gasteiger partial charge in [0.05, 0.1) is 15.8 Å². The van der Waals surface area contributed by atoms with E-state index in [4.69, 9.17) is 4.74 Å². The molecule has 0 heterocycles. The molecular weight excluding hydrogens is 522 g/mol. The molecule has 32 heavy (non-hydrogen) atoms. The number of hydrogen-bond acceptors (Lipinski definition) is 5. The molecule has 1 N–H and O–H groups in total. The second kappa shape index (κ2) is 9.55. The highest BCUT2D eigenvalue weighted by Gasteiger charge is 2.64. The van der Waals surface area contributed by atoms with Gasteiger partial charge in [-0.3, -0.25) is 0 Å². The monoisotopic (exact) mass is 549 g/mol. The fourth-order valence-electron chi connectivity index (χ4n) is 2.75. The molecule has 0 unspecified atom stereocenters. The second-order valence-corrected chi connectivity index (χ2v) is 12.1. The van der Waals surface area contributed by atoms with Crippen LogP contribution in [0, 0.1) is 11.6 Å². The summed E-state index contributed by atoms with van der Waals surface area (Å²) in [4.78, 5) is 11.6. The largest absolute Gasteiger partial charge is 0.464 e. The van der Waals surface area contributed by atoms with Crippen molar-refractivity contribution >= 4 is 31.9 Å². The highest BCUT2D eigenvalue weighted by molar-refractivity contribution is 9.10. The average molecular weight is 550 g/mol. The third-order valence-corrected chi connectivity index (χ3v) is 7.83. The van der Waals surface area contributed by atoms with E-state index in [1.807, 2.05) is 4.72 Å². The lowest BCUT2D eigenvalue weighted by atomic mass is 9.78. The molecule has 0 fully saturated rings. The third kappa shape index (κ3) is 5.63. The van der Waals surface area contributed by atoms with Gasteiger partial charge >= 0.3 is 5.97 Å². The third-order valence-electron chi connectivity index (χ3n) is 4.93. The van der Waals surface area contributed by atoms with Gasteiger partial charge in [-0.15, -0.1) is 0 Å². The summed E-state index contributed by atoms with van der Waals surface area (Å²) in [6.45, 7) is 7.09. The topological polar surface area (TPSA) is 81.7 Å². The van der Waals surface area contributed by atoms with E-state index < -0.39 is 61.6 Å². The number of esters is 1. The lowest BCUT2D eigenvalue weighted by Crippen LogP contribution is -2.66. The zero-order valence-corrected chi connectivity index (χ0v) is 21.3. The quantitative estimate of drug-likeness (QED) is 0.275. The first-order valence-corrected chi connectivity index (χ1v) is 11.9. The molecule has 0 spiro atoms. The van der Waals surface area contributed by atoms with E-state index in [2.05, 4.69) is 20.7 Å². The number of ether oxygens (including phenoxy) is 2. The summed E-state index contributed by atoms with van der Waals surface area (Å²) in [6, 6.07) is 1.11. The minimum absolute atomic E-state index is 0.00305. The first kappa shape index (κ1) is 28.8. The van der Waals surface area contributed by atoms with Crippen LogP contribution in [0.1, 0.15) is 54.0 Å². The number of sulfonamides is 1. The maximum absolute atomic E-state index is 16.0.